The average molecular weight is 377 g/mol. The van der Waals surface area contributed by atoms with Gasteiger partial charge in [0.05, 0.1) is 19.6 Å². The van der Waals surface area contributed by atoms with Crippen LogP contribution in [-0.2, 0) is 20.7 Å². The zero-order chi connectivity index (χ0) is 18.8. The molecule has 0 aliphatic carbocycles. The molecular weight excluding hydrogens is 354 g/mol. The van der Waals surface area contributed by atoms with Crippen molar-refractivity contribution in [3.63, 3.8) is 0 Å². The highest BCUT2D eigenvalue weighted by Gasteiger charge is 2.19. The van der Waals surface area contributed by atoms with Crippen LogP contribution in [0.2, 0.25) is 0 Å². The zero-order valence-electron chi connectivity index (χ0n) is 14.9. The molecule has 2 aromatic rings. The second-order valence-electron chi connectivity index (χ2n) is 5.53. The van der Waals surface area contributed by atoms with Gasteiger partial charge in [-0.05, 0) is 5.56 Å². The molecule has 0 atom stereocenters. The molecule has 2 amide bonds. The molecule has 1 N–H and O–H groups in total. The van der Waals surface area contributed by atoms with Crippen molar-refractivity contribution in [2.45, 2.75) is 6.42 Å². The SMILES string of the molecule is COCCN(CCOC)C(=O)c1csc(NC(=O)Cc2ccccc2)n1. The smallest absolute Gasteiger partial charge is 0.273 e. The number of methoxy groups -OCH3 is 2. The van der Waals surface area contributed by atoms with Crippen molar-refractivity contribution in [3.05, 3.63) is 47.0 Å². The molecule has 0 saturated carbocycles. The molecule has 0 bridgehead atoms. The molecule has 26 heavy (non-hydrogen) atoms. The van der Waals surface area contributed by atoms with Crippen molar-refractivity contribution in [2.75, 3.05) is 45.8 Å². The summed E-state index contributed by atoms with van der Waals surface area (Å²) in [5.41, 5.74) is 1.22. The topological polar surface area (TPSA) is 80.8 Å². The van der Waals surface area contributed by atoms with E-state index in [0.29, 0.717) is 37.1 Å². The molecule has 0 unspecified atom stereocenters. The molecule has 8 heteroatoms. The number of carbonyl (C=O) groups excluding carboxylic acids is 2. The minimum absolute atomic E-state index is 0.167. The van der Waals surface area contributed by atoms with Gasteiger partial charge < -0.3 is 19.7 Å². The van der Waals surface area contributed by atoms with Gasteiger partial charge in [-0.1, -0.05) is 30.3 Å². The Morgan fingerprint density at radius 2 is 1.77 bits per heavy atom. The van der Waals surface area contributed by atoms with Crippen LogP contribution in [0.3, 0.4) is 0 Å². The van der Waals surface area contributed by atoms with Gasteiger partial charge >= 0.3 is 0 Å². The fourth-order valence-corrected chi connectivity index (χ4v) is 2.95. The number of nitrogens with one attached hydrogen (secondary N) is 1. The standard InChI is InChI=1S/C18H23N3O4S/c1-24-10-8-21(9-11-25-2)17(23)15-13-26-18(19-15)20-16(22)12-14-6-4-3-5-7-14/h3-7,13H,8-12H2,1-2H3,(H,19,20,22). The first-order valence-corrected chi connectivity index (χ1v) is 9.08. The molecule has 7 nitrogen and oxygen atoms in total. The van der Waals surface area contributed by atoms with Crippen molar-refractivity contribution in [1.29, 1.82) is 0 Å². The third kappa shape index (κ3) is 6.21. The van der Waals surface area contributed by atoms with Crippen LogP contribution in [0.5, 0.6) is 0 Å². The van der Waals surface area contributed by atoms with E-state index in [1.165, 1.54) is 11.3 Å². The second kappa shape index (κ2) is 10.6. The first-order valence-electron chi connectivity index (χ1n) is 8.20. The number of hydrogen-bond acceptors (Lipinski definition) is 6. The molecule has 1 heterocycles. The summed E-state index contributed by atoms with van der Waals surface area (Å²) in [6, 6.07) is 9.45. The molecule has 2 rings (SSSR count). The highest BCUT2D eigenvalue weighted by atomic mass is 32.1. The fraction of sp³-hybridized carbons (Fsp3) is 0.389. The maximum atomic E-state index is 12.6. The molecule has 0 saturated heterocycles. The fourth-order valence-electron chi connectivity index (χ4n) is 2.25. The lowest BCUT2D eigenvalue weighted by molar-refractivity contribution is -0.115. The number of thiazole rings is 1. The van der Waals surface area contributed by atoms with Crippen LogP contribution in [0.1, 0.15) is 16.1 Å². The minimum atomic E-state index is -0.209. The van der Waals surface area contributed by atoms with Gasteiger partial charge in [0.25, 0.3) is 5.91 Å². The maximum absolute atomic E-state index is 12.6. The molecule has 0 spiro atoms. The molecule has 0 fully saturated rings. The van der Waals surface area contributed by atoms with Gasteiger partial charge in [-0.15, -0.1) is 11.3 Å². The minimum Gasteiger partial charge on any atom is -0.383 e. The Kier molecular flexibility index (Phi) is 8.20. The summed E-state index contributed by atoms with van der Waals surface area (Å²) in [4.78, 5) is 30.6. The Morgan fingerprint density at radius 1 is 1.12 bits per heavy atom. The van der Waals surface area contributed by atoms with Gasteiger partial charge in [0.2, 0.25) is 5.91 Å². The Hall–Kier alpha value is -2.29. The van der Waals surface area contributed by atoms with Crippen molar-refractivity contribution in [2.24, 2.45) is 0 Å². The largest absolute Gasteiger partial charge is 0.383 e. The summed E-state index contributed by atoms with van der Waals surface area (Å²) >= 11 is 1.23. The van der Waals surface area contributed by atoms with Gasteiger partial charge in [-0.3, -0.25) is 9.59 Å². The quantitative estimate of drug-likeness (QED) is 0.685. The first-order chi connectivity index (χ1) is 12.6. The van der Waals surface area contributed by atoms with Gasteiger partial charge in [0.15, 0.2) is 5.13 Å². The molecule has 1 aromatic heterocycles. The normalized spacial score (nSPS) is 10.5. The highest BCUT2D eigenvalue weighted by Crippen LogP contribution is 2.17. The summed E-state index contributed by atoms with van der Waals surface area (Å²) < 4.78 is 10.1. The molecule has 0 aliphatic rings. The number of carbonyl (C=O) groups is 2. The van der Waals surface area contributed by atoms with Crippen molar-refractivity contribution in [3.8, 4) is 0 Å². The number of hydrogen-bond donors (Lipinski definition) is 1. The van der Waals surface area contributed by atoms with Gasteiger partial charge in [0.1, 0.15) is 5.69 Å². The average Bonchev–Trinajstić information content (AvgIpc) is 3.10. The number of anilines is 1. The van der Waals surface area contributed by atoms with E-state index in [0.717, 1.165) is 5.56 Å². The molecule has 0 aliphatic heterocycles. The molecule has 1 aromatic carbocycles. The van der Waals surface area contributed by atoms with Crippen LogP contribution in [0.25, 0.3) is 0 Å². The molecule has 0 radical (unpaired) electrons. The van der Waals surface area contributed by atoms with E-state index in [9.17, 15) is 9.59 Å². The van der Waals surface area contributed by atoms with E-state index >= 15 is 0 Å². The Bertz CT molecular complexity index is 697. The molecule has 140 valence electrons. The van der Waals surface area contributed by atoms with E-state index in [1.54, 1.807) is 24.5 Å². The predicted octanol–water partition coefficient (Wildman–Crippen LogP) is 2.06. The summed E-state index contributed by atoms with van der Waals surface area (Å²) in [5.74, 6) is -0.376. The van der Waals surface area contributed by atoms with Crippen molar-refractivity contribution >= 4 is 28.3 Å². The van der Waals surface area contributed by atoms with E-state index in [1.807, 2.05) is 30.3 Å². The number of nitrogens with zero attached hydrogens (tertiary/aromatic N) is 2. The van der Waals surface area contributed by atoms with Crippen LogP contribution in [0, 0.1) is 0 Å². The van der Waals surface area contributed by atoms with E-state index in [4.69, 9.17) is 9.47 Å². The predicted molar refractivity (Wildman–Crippen MR) is 101 cm³/mol. The first kappa shape index (κ1) is 20.0. The number of benzene rings is 1. The van der Waals surface area contributed by atoms with Crippen LogP contribution in [0.4, 0.5) is 5.13 Å². The van der Waals surface area contributed by atoms with Crippen LogP contribution < -0.4 is 5.32 Å². The maximum Gasteiger partial charge on any atom is 0.273 e. The van der Waals surface area contributed by atoms with Crippen molar-refractivity contribution < 1.29 is 19.1 Å². The summed E-state index contributed by atoms with van der Waals surface area (Å²) in [5, 5.41) is 4.80. The Labute approximate surface area is 156 Å². The number of ether oxygens (including phenoxy) is 2. The Morgan fingerprint density at radius 3 is 2.38 bits per heavy atom. The lowest BCUT2D eigenvalue weighted by Crippen LogP contribution is -2.36. The summed E-state index contributed by atoms with van der Waals surface area (Å²) in [6.07, 6.45) is 0.261. The van der Waals surface area contributed by atoms with Gasteiger partial charge in [-0.2, -0.15) is 0 Å². The lowest BCUT2D eigenvalue weighted by Gasteiger charge is -2.20. The van der Waals surface area contributed by atoms with Crippen LogP contribution in [0.15, 0.2) is 35.7 Å². The summed E-state index contributed by atoms with van der Waals surface area (Å²) in [6.45, 7) is 1.76. The summed E-state index contributed by atoms with van der Waals surface area (Å²) in [7, 11) is 3.17. The lowest BCUT2D eigenvalue weighted by atomic mass is 10.1. The number of aromatic nitrogens is 1. The highest BCUT2D eigenvalue weighted by molar-refractivity contribution is 7.14. The third-order valence-electron chi connectivity index (χ3n) is 3.60. The van der Waals surface area contributed by atoms with Crippen molar-refractivity contribution in [1.82, 2.24) is 9.88 Å². The van der Waals surface area contributed by atoms with Crippen LogP contribution >= 0.6 is 11.3 Å². The second-order valence-corrected chi connectivity index (χ2v) is 6.38. The number of rotatable bonds is 10. The van der Waals surface area contributed by atoms with Gasteiger partial charge in [0, 0.05) is 32.7 Å². The van der Waals surface area contributed by atoms with Crippen LogP contribution in [-0.4, -0.2) is 62.2 Å². The Balaban J connectivity index is 1.95. The monoisotopic (exact) mass is 377 g/mol. The third-order valence-corrected chi connectivity index (χ3v) is 4.35. The van der Waals surface area contributed by atoms with Gasteiger partial charge in [-0.25, -0.2) is 4.98 Å². The zero-order valence-corrected chi connectivity index (χ0v) is 15.8. The van der Waals surface area contributed by atoms with E-state index in [-0.39, 0.29) is 18.2 Å². The van der Waals surface area contributed by atoms with E-state index in [2.05, 4.69) is 10.3 Å². The van der Waals surface area contributed by atoms with E-state index < -0.39 is 0 Å². The molecular formula is C18H23N3O4S. The number of amides is 2.